The van der Waals surface area contributed by atoms with Gasteiger partial charge in [0, 0.05) is 11.5 Å². The molecule has 1 amide bonds. The van der Waals surface area contributed by atoms with E-state index in [0.29, 0.717) is 11.0 Å². The first-order valence-electron chi connectivity index (χ1n) is 7.83. The number of carbonyl (C=O) groups is 1. The Morgan fingerprint density at radius 2 is 1.96 bits per heavy atom. The zero-order chi connectivity index (χ0) is 17.8. The van der Waals surface area contributed by atoms with Gasteiger partial charge in [-0.25, -0.2) is 4.98 Å². The van der Waals surface area contributed by atoms with Gasteiger partial charge in [-0.05, 0) is 38.9 Å². The number of nitrogens with one attached hydrogen (secondary N) is 1. The van der Waals surface area contributed by atoms with Crippen LogP contribution in [0.3, 0.4) is 0 Å². The van der Waals surface area contributed by atoms with Gasteiger partial charge >= 0.3 is 0 Å². The number of hydrogen-bond donors (Lipinski definition) is 1. The predicted octanol–water partition coefficient (Wildman–Crippen LogP) is 3.60. The fourth-order valence-corrected chi connectivity index (χ4v) is 3.33. The lowest BCUT2D eigenvalue weighted by Gasteiger charge is -2.38. The Balaban J connectivity index is 2.84. The fraction of sp³-hybridized carbons (Fsp3) is 0.800. The molecule has 0 aliphatic heterocycles. The van der Waals surface area contributed by atoms with Crippen LogP contribution in [0, 0.1) is 6.92 Å². The molecular formula is C15H29N3O3SSi. The fourth-order valence-electron chi connectivity index (χ4n) is 1.51. The lowest BCUT2D eigenvalue weighted by atomic mass is 10.2. The summed E-state index contributed by atoms with van der Waals surface area (Å²) < 4.78 is 16.0. The number of anilines is 1. The van der Waals surface area contributed by atoms with E-state index in [-0.39, 0.29) is 23.7 Å². The highest BCUT2D eigenvalue weighted by Gasteiger charge is 2.41. The van der Waals surface area contributed by atoms with E-state index in [2.05, 4.69) is 48.5 Å². The Hall–Kier alpha value is -0.833. The van der Waals surface area contributed by atoms with Crippen LogP contribution in [0.2, 0.25) is 18.1 Å². The third-order valence-corrected chi connectivity index (χ3v) is 9.08. The largest absolute Gasteiger partial charge is 0.403 e. The SMILES string of the molecule is Cc1nsc(NC(=O)C(COC(C)C)O[Si](C)(C)C(C)(C)C)n1. The summed E-state index contributed by atoms with van der Waals surface area (Å²) in [5.74, 6) is 0.414. The molecule has 132 valence electrons. The second-order valence-corrected chi connectivity index (χ2v) is 12.9. The van der Waals surface area contributed by atoms with Crippen molar-refractivity contribution in [1.82, 2.24) is 9.36 Å². The maximum Gasteiger partial charge on any atom is 0.256 e. The molecule has 1 atom stereocenters. The number of aromatic nitrogens is 2. The summed E-state index contributed by atoms with van der Waals surface area (Å²) in [6, 6.07) is 0. The minimum Gasteiger partial charge on any atom is -0.403 e. The van der Waals surface area contributed by atoms with Gasteiger partial charge in [0.05, 0.1) is 12.7 Å². The van der Waals surface area contributed by atoms with Crippen LogP contribution in [-0.2, 0) is 14.0 Å². The highest BCUT2D eigenvalue weighted by Crippen LogP contribution is 2.37. The molecule has 1 rings (SSSR count). The highest BCUT2D eigenvalue weighted by atomic mass is 32.1. The molecular weight excluding hydrogens is 330 g/mol. The van der Waals surface area contributed by atoms with Gasteiger partial charge in [0.15, 0.2) is 8.32 Å². The van der Waals surface area contributed by atoms with Crippen molar-refractivity contribution in [3.63, 3.8) is 0 Å². The molecule has 0 saturated heterocycles. The van der Waals surface area contributed by atoms with Gasteiger partial charge in [0.25, 0.3) is 5.91 Å². The molecule has 1 heterocycles. The Bertz CT molecular complexity index is 526. The zero-order valence-electron chi connectivity index (χ0n) is 15.4. The van der Waals surface area contributed by atoms with E-state index in [9.17, 15) is 4.79 Å². The molecule has 1 N–H and O–H groups in total. The molecule has 1 unspecified atom stereocenters. The van der Waals surface area contributed by atoms with E-state index >= 15 is 0 Å². The summed E-state index contributed by atoms with van der Waals surface area (Å²) in [7, 11) is -2.09. The number of aryl methyl sites for hydroxylation is 1. The van der Waals surface area contributed by atoms with Gasteiger partial charge < -0.3 is 9.16 Å². The summed E-state index contributed by atoms with van der Waals surface area (Å²) >= 11 is 1.17. The van der Waals surface area contributed by atoms with Crippen LogP contribution in [-0.4, -0.2) is 42.4 Å². The normalized spacial score (nSPS) is 14.1. The molecule has 8 heteroatoms. The third-order valence-electron chi connectivity index (χ3n) is 3.87. The smallest absolute Gasteiger partial charge is 0.256 e. The summed E-state index contributed by atoms with van der Waals surface area (Å²) in [5, 5.41) is 3.29. The van der Waals surface area contributed by atoms with Crippen molar-refractivity contribution in [2.24, 2.45) is 0 Å². The van der Waals surface area contributed by atoms with Crippen LogP contribution in [0.5, 0.6) is 0 Å². The molecule has 1 aromatic rings. The lowest BCUT2D eigenvalue weighted by molar-refractivity contribution is -0.126. The summed E-state index contributed by atoms with van der Waals surface area (Å²) in [5.41, 5.74) is 0. The molecule has 6 nitrogen and oxygen atoms in total. The molecule has 23 heavy (non-hydrogen) atoms. The number of hydrogen-bond acceptors (Lipinski definition) is 6. The molecule has 0 saturated carbocycles. The molecule has 0 fully saturated rings. The average Bonchev–Trinajstić information content (AvgIpc) is 2.78. The van der Waals surface area contributed by atoms with E-state index < -0.39 is 14.4 Å². The van der Waals surface area contributed by atoms with Crippen molar-refractivity contribution in [2.75, 3.05) is 11.9 Å². The summed E-state index contributed by atoms with van der Waals surface area (Å²) in [6.45, 7) is 16.6. The highest BCUT2D eigenvalue weighted by molar-refractivity contribution is 7.09. The minimum absolute atomic E-state index is 0.0166. The Kier molecular flexibility index (Phi) is 6.88. The Morgan fingerprint density at radius 3 is 2.39 bits per heavy atom. The van der Waals surface area contributed by atoms with Gasteiger partial charge in [-0.3, -0.25) is 10.1 Å². The first kappa shape index (κ1) is 20.2. The van der Waals surface area contributed by atoms with Crippen LogP contribution in [0.4, 0.5) is 5.13 Å². The van der Waals surface area contributed by atoms with Crippen molar-refractivity contribution < 1.29 is 14.0 Å². The summed E-state index contributed by atoms with van der Waals surface area (Å²) in [4.78, 5) is 16.7. The van der Waals surface area contributed by atoms with E-state index in [1.165, 1.54) is 11.5 Å². The lowest BCUT2D eigenvalue weighted by Crippen LogP contribution is -2.49. The van der Waals surface area contributed by atoms with Crippen LogP contribution in [0.25, 0.3) is 0 Å². The maximum absolute atomic E-state index is 12.6. The van der Waals surface area contributed by atoms with Gasteiger partial charge in [-0.1, -0.05) is 20.8 Å². The molecule has 0 spiro atoms. The maximum atomic E-state index is 12.6. The quantitative estimate of drug-likeness (QED) is 0.753. The van der Waals surface area contributed by atoms with Gasteiger partial charge in [0.2, 0.25) is 5.13 Å². The number of nitrogens with zero attached hydrogens (tertiary/aromatic N) is 2. The third kappa shape index (κ3) is 6.29. The number of rotatable bonds is 7. The number of ether oxygens (including phenoxy) is 1. The van der Waals surface area contributed by atoms with E-state index in [1.54, 1.807) is 6.92 Å². The first-order chi connectivity index (χ1) is 10.4. The van der Waals surface area contributed by atoms with Crippen LogP contribution < -0.4 is 5.32 Å². The van der Waals surface area contributed by atoms with E-state index in [4.69, 9.17) is 9.16 Å². The van der Waals surface area contributed by atoms with Crippen molar-refractivity contribution >= 4 is 30.9 Å². The number of carbonyl (C=O) groups excluding carboxylic acids is 1. The molecule has 0 radical (unpaired) electrons. The Morgan fingerprint density at radius 1 is 1.35 bits per heavy atom. The van der Waals surface area contributed by atoms with Crippen molar-refractivity contribution in [3.05, 3.63) is 5.82 Å². The van der Waals surface area contributed by atoms with Crippen molar-refractivity contribution in [2.45, 2.75) is 71.9 Å². The molecule has 1 aromatic heterocycles. The molecule has 0 aromatic carbocycles. The van der Waals surface area contributed by atoms with Crippen molar-refractivity contribution in [1.29, 1.82) is 0 Å². The van der Waals surface area contributed by atoms with Crippen LogP contribution in [0.15, 0.2) is 0 Å². The molecule has 0 aliphatic carbocycles. The topological polar surface area (TPSA) is 73.3 Å². The standard InChI is InChI=1S/C15H29N3O3SSi/c1-10(2)20-9-12(21-23(7,8)15(4,5)6)13(19)17-14-16-11(3)18-22-14/h10,12H,9H2,1-8H3,(H,16,17,18,19). The van der Waals surface area contributed by atoms with Gasteiger partial charge in [-0.15, -0.1) is 0 Å². The monoisotopic (exact) mass is 359 g/mol. The summed E-state index contributed by atoms with van der Waals surface area (Å²) in [6.07, 6.45) is -0.611. The van der Waals surface area contributed by atoms with Gasteiger partial charge in [-0.2, -0.15) is 4.37 Å². The average molecular weight is 360 g/mol. The van der Waals surface area contributed by atoms with Crippen LogP contribution in [0.1, 0.15) is 40.4 Å². The van der Waals surface area contributed by atoms with Crippen LogP contribution >= 0.6 is 11.5 Å². The predicted molar refractivity (Wildman–Crippen MR) is 96.4 cm³/mol. The minimum atomic E-state index is -2.09. The zero-order valence-corrected chi connectivity index (χ0v) is 17.2. The second kappa shape index (κ2) is 7.83. The molecule has 0 bridgehead atoms. The van der Waals surface area contributed by atoms with Gasteiger partial charge in [0.1, 0.15) is 11.9 Å². The van der Waals surface area contributed by atoms with E-state index in [1.807, 2.05) is 13.8 Å². The second-order valence-electron chi connectivity index (χ2n) is 7.38. The van der Waals surface area contributed by atoms with E-state index in [0.717, 1.165) is 0 Å². The Labute approximate surface area is 144 Å². The first-order valence-corrected chi connectivity index (χ1v) is 11.5. The molecule has 0 aliphatic rings. The van der Waals surface area contributed by atoms with Crippen molar-refractivity contribution in [3.8, 4) is 0 Å². The number of amides is 1.